The van der Waals surface area contributed by atoms with E-state index >= 15 is 0 Å². The van der Waals surface area contributed by atoms with Crippen LogP contribution in [0.3, 0.4) is 0 Å². The Bertz CT molecular complexity index is 893. The smallest absolute Gasteiger partial charge is 0.251 e. The lowest BCUT2D eigenvalue weighted by Gasteiger charge is -2.26. The molecule has 0 radical (unpaired) electrons. The number of carbonyl (C=O) groups excluding carboxylic acids is 2. The molecule has 3 rings (SSSR count). The summed E-state index contributed by atoms with van der Waals surface area (Å²) in [4.78, 5) is 26.0. The summed E-state index contributed by atoms with van der Waals surface area (Å²) in [6.45, 7) is 2.03. The molecule has 2 aromatic carbocycles. The highest BCUT2D eigenvalue weighted by Gasteiger charge is 2.19. The molecule has 2 amide bonds. The lowest BCUT2D eigenvalue weighted by atomic mass is 9.98. The van der Waals surface area contributed by atoms with Gasteiger partial charge < -0.3 is 15.3 Å². The first-order chi connectivity index (χ1) is 12.5. The van der Waals surface area contributed by atoms with Crippen molar-refractivity contribution in [3.05, 3.63) is 63.7 Å². The predicted molar refractivity (Wildman–Crippen MR) is 103 cm³/mol. The summed E-state index contributed by atoms with van der Waals surface area (Å²) in [6.07, 6.45) is 3.81. The van der Waals surface area contributed by atoms with E-state index in [1.807, 2.05) is 30.4 Å². The van der Waals surface area contributed by atoms with Gasteiger partial charge in [0.15, 0.2) is 0 Å². The molecule has 26 heavy (non-hydrogen) atoms. The second-order valence-electron chi connectivity index (χ2n) is 6.03. The van der Waals surface area contributed by atoms with Crippen LogP contribution in [0.25, 0.3) is 12.2 Å². The molecular formula is C20H19ClN2O3. The Morgan fingerprint density at radius 3 is 2.65 bits per heavy atom. The highest BCUT2D eigenvalue weighted by Crippen LogP contribution is 2.31. The molecule has 134 valence electrons. The minimum atomic E-state index is -0.246. The zero-order valence-electron chi connectivity index (χ0n) is 14.3. The van der Waals surface area contributed by atoms with Crippen molar-refractivity contribution in [3.8, 4) is 0 Å². The molecule has 0 spiro atoms. The van der Waals surface area contributed by atoms with Gasteiger partial charge in [0.1, 0.15) is 0 Å². The van der Waals surface area contributed by atoms with Crippen molar-refractivity contribution in [1.29, 1.82) is 0 Å². The molecule has 1 aliphatic rings. The van der Waals surface area contributed by atoms with E-state index in [-0.39, 0.29) is 25.0 Å². The van der Waals surface area contributed by atoms with Gasteiger partial charge in [0.05, 0.1) is 18.8 Å². The number of halogens is 1. The molecule has 6 heteroatoms. The third kappa shape index (κ3) is 3.79. The van der Waals surface area contributed by atoms with E-state index in [0.29, 0.717) is 17.1 Å². The molecule has 0 fully saturated rings. The van der Waals surface area contributed by atoms with Gasteiger partial charge in [-0.3, -0.25) is 9.59 Å². The average Bonchev–Trinajstić information content (AvgIpc) is 2.61. The fourth-order valence-corrected chi connectivity index (χ4v) is 3.11. The Morgan fingerprint density at radius 2 is 1.92 bits per heavy atom. The molecule has 0 aromatic heterocycles. The van der Waals surface area contributed by atoms with E-state index in [2.05, 4.69) is 5.32 Å². The number of hydrogen-bond donors (Lipinski definition) is 2. The predicted octanol–water partition coefficient (Wildman–Crippen LogP) is 3.10. The van der Waals surface area contributed by atoms with Crippen molar-refractivity contribution in [2.75, 3.05) is 18.1 Å². The molecule has 0 saturated heterocycles. The third-order valence-corrected chi connectivity index (χ3v) is 4.47. The molecule has 5 nitrogen and oxygen atoms in total. The van der Waals surface area contributed by atoms with E-state index in [1.54, 1.807) is 23.1 Å². The molecule has 1 heterocycles. The van der Waals surface area contributed by atoms with Gasteiger partial charge in [-0.1, -0.05) is 29.8 Å². The lowest BCUT2D eigenvalue weighted by Crippen LogP contribution is -2.29. The Hall–Kier alpha value is -2.63. The molecular weight excluding hydrogens is 352 g/mol. The summed E-state index contributed by atoms with van der Waals surface area (Å²) in [5.74, 6) is -0.316. The van der Waals surface area contributed by atoms with Crippen molar-refractivity contribution in [2.24, 2.45) is 0 Å². The maximum Gasteiger partial charge on any atom is 0.251 e. The van der Waals surface area contributed by atoms with Crippen LogP contribution in [0.2, 0.25) is 5.02 Å². The van der Waals surface area contributed by atoms with Crippen LogP contribution in [0.4, 0.5) is 5.69 Å². The number of carbonyl (C=O) groups is 2. The number of aliphatic hydroxyl groups is 1. The van der Waals surface area contributed by atoms with Crippen LogP contribution in [0.15, 0.2) is 36.4 Å². The summed E-state index contributed by atoms with van der Waals surface area (Å²) < 4.78 is 0. The van der Waals surface area contributed by atoms with Crippen molar-refractivity contribution >= 4 is 41.3 Å². The normalized spacial score (nSPS) is 12.7. The number of nitrogens with one attached hydrogen (secondary N) is 1. The van der Waals surface area contributed by atoms with Gasteiger partial charge in [0, 0.05) is 24.1 Å². The molecule has 1 aliphatic heterocycles. The second-order valence-corrected chi connectivity index (χ2v) is 6.47. The number of aliphatic hydroxyl groups excluding tert-OH is 1. The Kier molecular flexibility index (Phi) is 5.40. The molecule has 0 aliphatic carbocycles. The van der Waals surface area contributed by atoms with Crippen molar-refractivity contribution in [1.82, 2.24) is 5.32 Å². The van der Waals surface area contributed by atoms with Gasteiger partial charge in [-0.2, -0.15) is 0 Å². The van der Waals surface area contributed by atoms with Crippen LogP contribution >= 0.6 is 11.6 Å². The summed E-state index contributed by atoms with van der Waals surface area (Å²) in [5.41, 5.74) is 3.94. The summed E-state index contributed by atoms with van der Waals surface area (Å²) in [6, 6.07) is 10.8. The summed E-state index contributed by atoms with van der Waals surface area (Å²) in [5, 5.41) is 12.1. The van der Waals surface area contributed by atoms with Gasteiger partial charge in [-0.15, -0.1) is 0 Å². The third-order valence-electron chi connectivity index (χ3n) is 4.24. The van der Waals surface area contributed by atoms with E-state index in [4.69, 9.17) is 16.7 Å². The number of fused-ring (bicyclic) bond motifs is 2. The first-order valence-electron chi connectivity index (χ1n) is 8.27. The standard InChI is InChI=1S/C20H19ClN2O3/c1-13(25)23-12-17-5-4-16(20(26)22-8-9-24)10-14(17)2-3-15-11-18(21)6-7-19(15)23/h2-7,10-11,24H,8-9,12H2,1H3,(H,22,26). The summed E-state index contributed by atoms with van der Waals surface area (Å²) in [7, 11) is 0. The topological polar surface area (TPSA) is 69.6 Å². The number of hydrogen-bond acceptors (Lipinski definition) is 3. The zero-order chi connectivity index (χ0) is 18.7. The van der Waals surface area contributed by atoms with Gasteiger partial charge in [0.25, 0.3) is 5.91 Å². The fraction of sp³-hybridized carbons (Fsp3) is 0.200. The fourth-order valence-electron chi connectivity index (χ4n) is 2.93. The molecule has 0 unspecified atom stereocenters. The average molecular weight is 371 g/mol. The minimum Gasteiger partial charge on any atom is -0.395 e. The first kappa shape index (κ1) is 18.2. The Balaban J connectivity index is 2.04. The Morgan fingerprint density at radius 1 is 1.15 bits per heavy atom. The summed E-state index contributed by atoms with van der Waals surface area (Å²) >= 11 is 6.10. The van der Waals surface area contributed by atoms with Crippen LogP contribution in [0.5, 0.6) is 0 Å². The number of nitrogens with zero attached hydrogens (tertiary/aromatic N) is 1. The largest absolute Gasteiger partial charge is 0.395 e. The van der Waals surface area contributed by atoms with E-state index in [1.165, 1.54) is 6.92 Å². The van der Waals surface area contributed by atoms with Gasteiger partial charge >= 0.3 is 0 Å². The maximum absolute atomic E-state index is 12.2. The number of amides is 2. The number of benzene rings is 2. The van der Waals surface area contributed by atoms with Gasteiger partial charge in [0.2, 0.25) is 5.91 Å². The van der Waals surface area contributed by atoms with Gasteiger partial charge in [-0.25, -0.2) is 0 Å². The highest BCUT2D eigenvalue weighted by atomic mass is 35.5. The van der Waals surface area contributed by atoms with Crippen molar-refractivity contribution < 1.29 is 14.7 Å². The molecule has 0 atom stereocenters. The minimum absolute atomic E-state index is 0.0698. The second kappa shape index (κ2) is 7.72. The lowest BCUT2D eigenvalue weighted by molar-refractivity contribution is -0.116. The van der Waals surface area contributed by atoms with E-state index < -0.39 is 0 Å². The van der Waals surface area contributed by atoms with Crippen molar-refractivity contribution in [2.45, 2.75) is 13.5 Å². The van der Waals surface area contributed by atoms with Gasteiger partial charge in [-0.05, 0) is 47.0 Å². The van der Waals surface area contributed by atoms with Crippen LogP contribution in [0.1, 0.15) is 34.0 Å². The number of rotatable bonds is 3. The SMILES string of the molecule is CC(=O)N1Cc2ccc(C(=O)NCCO)cc2C=Cc2cc(Cl)ccc21. The van der Waals surface area contributed by atoms with Crippen LogP contribution in [-0.4, -0.2) is 30.1 Å². The van der Waals surface area contributed by atoms with Crippen LogP contribution in [0, 0.1) is 0 Å². The Labute approximate surface area is 156 Å². The van der Waals surface area contributed by atoms with E-state index in [0.717, 1.165) is 22.4 Å². The molecule has 2 aromatic rings. The quantitative estimate of drug-likeness (QED) is 0.872. The van der Waals surface area contributed by atoms with Crippen LogP contribution in [-0.2, 0) is 11.3 Å². The molecule has 2 N–H and O–H groups in total. The van der Waals surface area contributed by atoms with Crippen molar-refractivity contribution in [3.63, 3.8) is 0 Å². The first-order valence-corrected chi connectivity index (χ1v) is 8.65. The van der Waals surface area contributed by atoms with E-state index in [9.17, 15) is 9.59 Å². The maximum atomic E-state index is 12.2. The van der Waals surface area contributed by atoms with Crippen LogP contribution < -0.4 is 10.2 Å². The zero-order valence-corrected chi connectivity index (χ0v) is 15.1. The highest BCUT2D eigenvalue weighted by molar-refractivity contribution is 6.30. The number of anilines is 1. The monoisotopic (exact) mass is 370 g/mol. The molecule has 0 bridgehead atoms. The molecule has 0 saturated carbocycles.